The van der Waals surface area contributed by atoms with Crippen molar-refractivity contribution < 1.29 is 13.6 Å². The Morgan fingerprint density at radius 3 is 2.65 bits per heavy atom. The van der Waals surface area contributed by atoms with Gasteiger partial charge in [0.1, 0.15) is 16.9 Å². The zero-order valence-corrected chi connectivity index (χ0v) is 19.1. The summed E-state index contributed by atoms with van der Waals surface area (Å²) in [5.74, 6) is -1.56. The van der Waals surface area contributed by atoms with Crippen molar-refractivity contribution in [3.8, 4) is 0 Å². The van der Waals surface area contributed by atoms with Gasteiger partial charge in [-0.2, -0.15) is 4.39 Å². The van der Waals surface area contributed by atoms with Crippen molar-refractivity contribution in [3.63, 3.8) is 0 Å². The van der Waals surface area contributed by atoms with Crippen LogP contribution in [-0.2, 0) is 6.54 Å². The fraction of sp³-hybridized carbons (Fsp3) is 0.417. The van der Waals surface area contributed by atoms with Gasteiger partial charge in [-0.25, -0.2) is 14.4 Å². The lowest BCUT2D eigenvalue weighted by Crippen LogP contribution is -2.65. The van der Waals surface area contributed by atoms with Gasteiger partial charge < -0.3 is 15.2 Å². The van der Waals surface area contributed by atoms with Gasteiger partial charge in [-0.15, -0.1) is 0 Å². The molecule has 0 unspecified atom stereocenters. The predicted molar refractivity (Wildman–Crippen MR) is 124 cm³/mol. The Bertz CT molecular complexity index is 1340. The number of hydrogen-bond acceptors (Lipinski definition) is 6. The largest absolute Gasteiger partial charge is 0.360 e. The third kappa shape index (κ3) is 3.71. The maximum Gasteiger partial charge on any atom is 0.269 e. The van der Waals surface area contributed by atoms with E-state index in [4.69, 9.17) is 0 Å². The first-order valence-corrected chi connectivity index (χ1v) is 11.4. The molecular weight excluding hydrogens is 442 g/mol. The van der Waals surface area contributed by atoms with Crippen LogP contribution in [-0.4, -0.2) is 58.0 Å². The van der Waals surface area contributed by atoms with Crippen molar-refractivity contribution in [2.45, 2.75) is 38.3 Å². The van der Waals surface area contributed by atoms with Crippen molar-refractivity contribution in [2.24, 2.45) is 0 Å². The molecule has 1 saturated carbocycles. The SMILES string of the molecule is CNC(=O)c1ccc(N2CCN(Cc3ccc4nc(C)c(=O)[nH]c4c3F)CC23CCC3)c(F)n1. The van der Waals surface area contributed by atoms with E-state index in [0.29, 0.717) is 48.6 Å². The molecule has 3 aromatic rings. The minimum absolute atomic E-state index is 0.0412. The summed E-state index contributed by atoms with van der Waals surface area (Å²) in [6.45, 7) is 3.79. The summed E-state index contributed by atoms with van der Waals surface area (Å²) >= 11 is 0. The van der Waals surface area contributed by atoms with Crippen molar-refractivity contribution >= 4 is 22.6 Å². The van der Waals surface area contributed by atoms with Gasteiger partial charge in [0.2, 0.25) is 5.95 Å². The van der Waals surface area contributed by atoms with Crippen LogP contribution in [0.2, 0.25) is 0 Å². The molecule has 1 amide bonds. The molecular formula is C24H26F2N6O2. The van der Waals surface area contributed by atoms with Gasteiger partial charge in [0.15, 0.2) is 5.82 Å². The second kappa shape index (κ2) is 8.43. The van der Waals surface area contributed by atoms with Gasteiger partial charge in [0, 0.05) is 38.8 Å². The Hall–Kier alpha value is -3.40. The number of pyridine rings is 1. The van der Waals surface area contributed by atoms with E-state index in [-0.39, 0.29) is 16.7 Å². The van der Waals surface area contributed by atoms with Crippen LogP contribution in [0.4, 0.5) is 14.5 Å². The summed E-state index contributed by atoms with van der Waals surface area (Å²) in [6.07, 6.45) is 2.83. The van der Waals surface area contributed by atoms with Crippen LogP contribution in [0, 0.1) is 18.7 Å². The van der Waals surface area contributed by atoms with Crippen molar-refractivity contribution in [1.29, 1.82) is 0 Å². The van der Waals surface area contributed by atoms with Crippen LogP contribution < -0.4 is 15.8 Å². The number of benzene rings is 1. The highest BCUT2D eigenvalue weighted by molar-refractivity contribution is 5.92. The molecule has 2 N–H and O–H groups in total. The number of H-pyrrole nitrogens is 1. The number of rotatable bonds is 4. The van der Waals surface area contributed by atoms with E-state index in [1.807, 2.05) is 0 Å². The van der Waals surface area contributed by atoms with Crippen LogP contribution in [0.3, 0.4) is 0 Å². The number of carbonyl (C=O) groups is 1. The van der Waals surface area contributed by atoms with E-state index < -0.39 is 23.2 Å². The van der Waals surface area contributed by atoms with Crippen molar-refractivity contribution in [3.05, 3.63) is 63.3 Å². The Kier molecular flexibility index (Phi) is 5.55. The standard InChI is InChI=1S/C24H26F2N6O2/c1-14-22(33)30-20-16(28-14)5-4-15(19(20)25)12-31-10-11-32(24(13-31)8-3-9-24)18-7-6-17(23(34)27-2)29-21(18)26/h4-7H,3,8-13H2,1-2H3,(H,27,34)(H,30,33). The third-order valence-electron chi connectivity index (χ3n) is 7.04. The van der Waals surface area contributed by atoms with E-state index in [9.17, 15) is 14.0 Å². The fourth-order valence-corrected chi connectivity index (χ4v) is 5.09. The van der Waals surface area contributed by atoms with Crippen LogP contribution in [0.1, 0.15) is 41.0 Å². The van der Waals surface area contributed by atoms with Crippen LogP contribution >= 0.6 is 0 Å². The highest BCUT2D eigenvalue weighted by atomic mass is 19.1. The molecule has 1 saturated heterocycles. The molecule has 0 bridgehead atoms. The van der Waals surface area contributed by atoms with Gasteiger partial charge in [-0.05, 0) is 44.4 Å². The molecule has 1 aliphatic carbocycles. The van der Waals surface area contributed by atoms with Gasteiger partial charge in [-0.1, -0.05) is 6.07 Å². The highest BCUT2D eigenvalue weighted by Gasteiger charge is 2.47. The average Bonchev–Trinajstić information content (AvgIpc) is 2.81. The fourth-order valence-electron chi connectivity index (χ4n) is 5.09. The number of anilines is 1. The lowest BCUT2D eigenvalue weighted by Gasteiger charge is -2.57. The minimum atomic E-state index is -0.659. The quantitative estimate of drug-likeness (QED) is 0.572. The number of aryl methyl sites for hydroxylation is 1. The molecule has 5 rings (SSSR count). The van der Waals surface area contributed by atoms with E-state index in [1.54, 1.807) is 25.1 Å². The van der Waals surface area contributed by atoms with E-state index in [1.165, 1.54) is 13.1 Å². The molecule has 10 heteroatoms. The Balaban J connectivity index is 1.38. The molecule has 178 valence electrons. The van der Waals surface area contributed by atoms with Crippen LogP contribution in [0.25, 0.3) is 11.0 Å². The highest BCUT2D eigenvalue weighted by Crippen LogP contribution is 2.43. The van der Waals surface area contributed by atoms with Gasteiger partial charge >= 0.3 is 0 Å². The molecule has 2 fully saturated rings. The molecule has 1 spiro atoms. The summed E-state index contributed by atoms with van der Waals surface area (Å²) in [5, 5.41) is 2.45. The number of fused-ring (bicyclic) bond motifs is 1. The lowest BCUT2D eigenvalue weighted by atomic mass is 9.73. The molecule has 2 aromatic heterocycles. The maximum atomic E-state index is 15.2. The predicted octanol–water partition coefficient (Wildman–Crippen LogP) is 2.51. The first kappa shape index (κ1) is 22.4. The first-order valence-electron chi connectivity index (χ1n) is 11.4. The van der Waals surface area contributed by atoms with Gasteiger partial charge in [0.25, 0.3) is 11.5 Å². The molecule has 1 aliphatic heterocycles. The Morgan fingerprint density at radius 1 is 1.18 bits per heavy atom. The summed E-state index contributed by atoms with van der Waals surface area (Å²) < 4.78 is 30.1. The number of nitrogens with zero attached hydrogens (tertiary/aromatic N) is 4. The molecule has 0 atom stereocenters. The normalized spacial score (nSPS) is 17.7. The number of carbonyl (C=O) groups excluding carboxylic acids is 1. The van der Waals surface area contributed by atoms with Crippen LogP contribution in [0.15, 0.2) is 29.1 Å². The number of halogens is 2. The maximum absolute atomic E-state index is 15.2. The van der Waals surface area contributed by atoms with E-state index in [2.05, 4.69) is 30.1 Å². The number of hydrogen-bond donors (Lipinski definition) is 2. The second-order valence-corrected chi connectivity index (χ2v) is 9.11. The number of amides is 1. The summed E-state index contributed by atoms with van der Waals surface area (Å²) in [4.78, 5) is 38.6. The summed E-state index contributed by atoms with van der Waals surface area (Å²) in [5.41, 5.74) is 1.10. The smallest absolute Gasteiger partial charge is 0.269 e. The molecule has 3 heterocycles. The molecule has 8 nitrogen and oxygen atoms in total. The third-order valence-corrected chi connectivity index (χ3v) is 7.04. The minimum Gasteiger partial charge on any atom is -0.360 e. The van der Waals surface area contributed by atoms with Crippen LogP contribution in [0.5, 0.6) is 0 Å². The summed E-state index contributed by atoms with van der Waals surface area (Å²) in [7, 11) is 1.48. The van der Waals surface area contributed by atoms with Gasteiger partial charge in [-0.3, -0.25) is 14.5 Å². The van der Waals surface area contributed by atoms with Gasteiger partial charge in [0.05, 0.1) is 16.7 Å². The van der Waals surface area contributed by atoms with Crippen molar-refractivity contribution in [1.82, 2.24) is 25.2 Å². The number of nitrogens with one attached hydrogen (secondary N) is 2. The Labute approximate surface area is 195 Å². The zero-order chi connectivity index (χ0) is 24.0. The monoisotopic (exact) mass is 468 g/mol. The summed E-state index contributed by atoms with van der Waals surface area (Å²) in [6, 6.07) is 6.60. The Morgan fingerprint density at radius 2 is 1.97 bits per heavy atom. The number of aromatic nitrogens is 3. The second-order valence-electron chi connectivity index (χ2n) is 9.11. The first-order chi connectivity index (χ1) is 16.3. The average molecular weight is 469 g/mol. The van der Waals surface area contributed by atoms with Crippen molar-refractivity contribution in [2.75, 3.05) is 31.6 Å². The lowest BCUT2D eigenvalue weighted by molar-refractivity contribution is 0.0948. The topological polar surface area (TPSA) is 94.2 Å². The molecule has 0 radical (unpaired) electrons. The zero-order valence-electron chi connectivity index (χ0n) is 19.1. The van der Waals surface area contributed by atoms with E-state index >= 15 is 4.39 Å². The van der Waals surface area contributed by atoms with E-state index in [0.717, 1.165) is 19.3 Å². The number of aromatic amines is 1. The molecule has 2 aliphatic rings. The molecule has 1 aromatic carbocycles. The number of piperazine rings is 1. The molecule has 34 heavy (non-hydrogen) atoms.